The number of likely N-dealkylation sites (tertiary alicyclic amines) is 1. The molecule has 3 rings (SSSR count). The maximum absolute atomic E-state index is 8.36. The monoisotopic (exact) mass is 376 g/mol. The lowest BCUT2D eigenvalue weighted by molar-refractivity contribution is -0.122. The van der Waals surface area contributed by atoms with Crippen molar-refractivity contribution in [1.29, 1.82) is 0 Å². The van der Waals surface area contributed by atoms with Crippen LogP contribution in [0.25, 0.3) is 0 Å². The zero-order chi connectivity index (χ0) is 19.5. The topological polar surface area (TPSA) is 101 Å². The number of rotatable bonds is 7. The van der Waals surface area contributed by atoms with Crippen molar-refractivity contribution >= 4 is 6.47 Å². The van der Waals surface area contributed by atoms with E-state index in [0.717, 1.165) is 55.6 Å². The van der Waals surface area contributed by atoms with Crippen molar-refractivity contribution in [2.45, 2.75) is 25.2 Å². The third-order valence-electron chi connectivity index (χ3n) is 4.58. The van der Waals surface area contributed by atoms with Gasteiger partial charge >= 0.3 is 0 Å². The van der Waals surface area contributed by atoms with E-state index >= 15 is 0 Å². The summed E-state index contributed by atoms with van der Waals surface area (Å²) in [6.07, 6.45) is 3.04. The molecule has 0 radical (unpaired) electrons. The normalized spacial score (nSPS) is 17.0. The van der Waals surface area contributed by atoms with Crippen LogP contribution in [0.3, 0.4) is 0 Å². The van der Waals surface area contributed by atoms with Crippen molar-refractivity contribution in [3.8, 4) is 5.75 Å². The van der Waals surface area contributed by atoms with E-state index in [-0.39, 0.29) is 6.47 Å². The van der Waals surface area contributed by atoms with Crippen molar-refractivity contribution in [2.75, 3.05) is 40.5 Å². The summed E-state index contributed by atoms with van der Waals surface area (Å²) in [4.78, 5) is 15.5. The molecule has 2 heterocycles. The first-order chi connectivity index (χ1) is 13.2. The van der Waals surface area contributed by atoms with Gasteiger partial charge in [-0.25, -0.2) is 4.98 Å². The van der Waals surface area contributed by atoms with E-state index in [1.807, 2.05) is 18.2 Å². The van der Waals surface area contributed by atoms with Gasteiger partial charge in [0, 0.05) is 38.1 Å². The molecule has 1 aromatic heterocycles. The molecule has 1 aliphatic rings. The second-order valence-electron chi connectivity index (χ2n) is 6.37. The minimum atomic E-state index is -0.250. The fourth-order valence-corrected chi connectivity index (χ4v) is 3.29. The van der Waals surface area contributed by atoms with Crippen LogP contribution in [-0.2, 0) is 16.0 Å². The van der Waals surface area contributed by atoms with E-state index in [1.165, 1.54) is 6.42 Å². The molecule has 1 atom stereocenters. The van der Waals surface area contributed by atoms with E-state index in [1.54, 1.807) is 14.2 Å². The smallest absolute Gasteiger partial charge is 0.290 e. The maximum Gasteiger partial charge on any atom is 0.290 e. The number of H-pyrrole nitrogens is 1. The second kappa shape index (κ2) is 11.3. The molecule has 0 saturated carbocycles. The Kier molecular flexibility index (Phi) is 8.73. The first-order valence-electron chi connectivity index (χ1n) is 9.04. The Morgan fingerprint density at radius 3 is 2.89 bits per heavy atom. The largest absolute Gasteiger partial charge is 0.496 e. The average molecular weight is 376 g/mol. The molecule has 0 aliphatic carbocycles. The van der Waals surface area contributed by atoms with Crippen LogP contribution < -0.4 is 4.74 Å². The number of piperidine rings is 1. The minimum absolute atomic E-state index is 0.250. The summed E-state index contributed by atoms with van der Waals surface area (Å²) < 4.78 is 10.6. The number of carbonyl (C=O) groups is 1. The van der Waals surface area contributed by atoms with Crippen LogP contribution in [0.1, 0.15) is 36.0 Å². The molecule has 1 fully saturated rings. The highest BCUT2D eigenvalue weighted by molar-refractivity contribution is 5.35. The van der Waals surface area contributed by atoms with Gasteiger partial charge in [0.1, 0.15) is 11.6 Å². The Labute approximate surface area is 159 Å². The van der Waals surface area contributed by atoms with Gasteiger partial charge in [-0.05, 0) is 25.5 Å². The SMILES string of the molecule is COCCN1CCCC(c2n[nH]c(Cc3ccccc3OC)n2)C1.O=CO. The van der Waals surface area contributed by atoms with Crippen molar-refractivity contribution in [1.82, 2.24) is 20.1 Å². The number of nitrogens with zero attached hydrogens (tertiary/aromatic N) is 3. The van der Waals surface area contributed by atoms with Crippen LogP contribution in [0, 0.1) is 0 Å². The zero-order valence-corrected chi connectivity index (χ0v) is 15.9. The summed E-state index contributed by atoms with van der Waals surface area (Å²) >= 11 is 0. The van der Waals surface area contributed by atoms with E-state index in [0.29, 0.717) is 12.3 Å². The van der Waals surface area contributed by atoms with Gasteiger partial charge in [-0.3, -0.25) is 9.89 Å². The van der Waals surface area contributed by atoms with E-state index in [2.05, 4.69) is 21.2 Å². The molecule has 8 nitrogen and oxygen atoms in total. The van der Waals surface area contributed by atoms with Crippen LogP contribution in [0.4, 0.5) is 0 Å². The average Bonchev–Trinajstić information content (AvgIpc) is 3.16. The second-order valence-corrected chi connectivity index (χ2v) is 6.37. The predicted octanol–water partition coefficient (Wildman–Crippen LogP) is 1.93. The van der Waals surface area contributed by atoms with Gasteiger partial charge in [0.2, 0.25) is 0 Å². The number of methoxy groups -OCH3 is 2. The molecule has 0 amide bonds. The van der Waals surface area contributed by atoms with Gasteiger partial charge in [-0.2, -0.15) is 5.10 Å². The van der Waals surface area contributed by atoms with Crippen molar-refractivity contribution in [3.63, 3.8) is 0 Å². The van der Waals surface area contributed by atoms with Crippen LogP contribution >= 0.6 is 0 Å². The summed E-state index contributed by atoms with van der Waals surface area (Å²) in [6.45, 7) is 3.65. The minimum Gasteiger partial charge on any atom is -0.496 e. The Morgan fingerprint density at radius 2 is 2.15 bits per heavy atom. The molecule has 2 aromatic rings. The van der Waals surface area contributed by atoms with Gasteiger partial charge in [0.05, 0.1) is 13.7 Å². The molecular formula is C19H28N4O4. The lowest BCUT2D eigenvalue weighted by Crippen LogP contribution is -2.36. The molecule has 148 valence electrons. The number of aromatic nitrogens is 3. The van der Waals surface area contributed by atoms with Crippen LogP contribution in [-0.4, -0.2) is 72.1 Å². The third kappa shape index (κ3) is 6.33. The first-order valence-corrected chi connectivity index (χ1v) is 9.04. The molecule has 0 spiro atoms. The number of para-hydroxylation sites is 1. The molecule has 1 aliphatic heterocycles. The number of nitrogens with one attached hydrogen (secondary N) is 1. The van der Waals surface area contributed by atoms with Gasteiger partial charge in [0.25, 0.3) is 6.47 Å². The quantitative estimate of drug-likeness (QED) is 0.712. The van der Waals surface area contributed by atoms with Crippen LogP contribution in [0.5, 0.6) is 5.75 Å². The Balaban J connectivity index is 0.000000817. The van der Waals surface area contributed by atoms with Gasteiger partial charge < -0.3 is 19.5 Å². The summed E-state index contributed by atoms with van der Waals surface area (Å²) in [6, 6.07) is 8.03. The summed E-state index contributed by atoms with van der Waals surface area (Å²) in [5.74, 6) is 3.11. The summed E-state index contributed by atoms with van der Waals surface area (Å²) in [5, 5.41) is 14.5. The molecule has 0 bridgehead atoms. The molecule has 2 N–H and O–H groups in total. The van der Waals surface area contributed by atoms with Crippen molar-refractivity contribution < 1.29 is 19.4 Å². The van der Waals surface area contributed by atoms with Gasteiger partial charge in [-0.15, -0.1) is 0 Å². The Morgan fingerprint density at radius 1 is 1.37 bits per heavy atom. The Bertz CT molecular complexity index is 692. The van der Waals surface area contributed by atoms with Crippen LogP contribution in [0.15, 0.2) is 24.3 Å². The molecule has 1 aromatic carbocycles. The van der Waals surface area contributed by atoms with Gasteiger partial charge in [0.15, 0.2) is 5.82 Å². The number of ether oxygens (including phenoxy) is 2. The highest BCUT2D eigenvalue weighted by Gasteiger charge is 2.24. The third-order valence-corrected chi connectivity index (χ3v) is 4.58. The molecular weight excluding hydrogens is 348 g/mol. The summed E-state index contributed by atoms with van der Waals surface area (Å²) in [5.41, 5.74) is 1.12. The lowest BCUT2D eigenvalue weighted by atomic mass is 9.97. The van der Waals surface area contributed by atoms with Crippen LogP contribution in [0.2, 0.25) is 0 Å². The lowest BCUT2D eigenvalue weighted by Gasteiger charge is -2.31. The zero-order valence-electron chi connectivity index (χ0n) is 15.9. The number of hydrogen-bond donors (Lipinski definition) is 2. The fraction of sp³-hybridized carbons (Fsp3) is 0.526. The van der Waals surface area contributed by atoms with E-state index in [4.69, 9.17) is 24.4 Å². The molecule has 1 saturated heterocycles. The fourth-order valence-electron chi connectivity index (χ4n) is 3.29. The summed E-state index contributed by atoms with van der Waals surface area (Å²) in [7, 11) is 3.45. The van der Waals surface area contributed by atoms with E-state index in [9.17, 15) is 0 Å². The predicted molar refractivity (Wildman–Crippen MR) is 101 cm³/mol. The number of carboxylic acid groups (broad SMARTS) is 1. The van der Waals surface area contributed by atoms with E-state index < -0.39 is 0 Å². The highest BCUT2D eigenvalue weighted by Crippen LogP contribution is 2.25. The number of aromatic amines is 1. The standard InChI is InChI=1S/C18H26N4O2.CH2O2/c1-23-11-10-22-9-5-7-15(13-22)18-19-17(20-21-18)12-14-6-3-4-8-16(14)24-2;2-1-3/h3-4,6,8,15H,5,7,9-13H2,1-2H3,(H,19,20,21);1H,(H,2,3). The Hall–Kier alpha value is -2.45. The van der Waals surface area contributed by atoms with Gasteiger partial charge in [-0.1, -0.05) is 18.2 Å². The molecule has 1 unspecified atom stereocenters. The molecule has 8 heteroatoms. The maximum atomic E-state index is 8.36. The van der Waals surface area contributed by atoms with Crippen molar-refractivity contribution in [2.24, 2.45) is 0 Å². The van der Waals surface area contributed by atoms with Crippen molar-refractivity contribution in [3.05, 3.63) is 41.5 Å². The highest BCUT2D eigenvalue weighted by atomic mass is 16.5. The molecule has 27 heavy (non-hydrogen) atoms. The number of benzene rings is 1. The first kappa shape index (κ1) is 20.9. The number of hydrogen-bond acceptors (Lipinski definition) is 6.